The van der Waals surface area contributed by atoms with Gasteiger partial charge in [0.25, 0.3) is 0 Å². The van der Waals surface area contributed by atoms with Crippen molar-refractivity contribution in [2.75, 3.05) is 20.9 Å². The number of hydrogen-bond donors (Lipinski definition) is 1. The molecule has 1 aromatic rings. The minimum atomic E-state index is 0.0507. The highest BCUT2D eigenvalue weighted by atomic mass is 16.5. The molecule has 0 aliphatic heterocycles. The van der Waals surface area contributed by atoms with Gasteiger partial charge in [-0.3, -0.25) is 4.90 Å². The van der Waals surface area contributed by atoms with E-state index in [4.69, 9.17) is 9.84 Å². The molecule has 0 unspecified atom stereocenters. The van der Waals surface area contributed by atoms with Gasteiger partial charge in [0.15, 0.2) is 0 Å². The van der Waals surface area contributed by atoms with Crippen molar-refractivity contribution in [1.29, 1.82) is 0 Å². The van der Waals surface area contributed by atoms with Crippen LogP contribution >= 0.6 is 0 Å². The van der Waals surface area contributed by atoms with E-state index in [0.29, 0.717) is 12.5 Å². The maximum Gasteiger partial charge on any atom is 0.123 e. The molecule has 0 heterocycles. The van der Waals surface area contributed by atoms with E-state index in [1.54, 1.807) is 7.11 Å². The zero-order valence-electron chi connectivity index (χ0n) is 10.5. The van der Waals surface area contributed by atoms with Crippen molar-refractivity contribution in [3.8, 4) is 5.75 Å². The van der Waals surface area contributed by atoms with E-state index in [1.165, 1.54) is 5.56 Å². The molecule has 0 atom stereocenters. The number of hydrogen-bond acceptors (Lipinski definition) is 3. The summed E-state index contributed by atoms with van der Waals surface area (Å²) in [6.07, 6.45) is 0. The van der Waals surface area contributed by atoms with Crippen LogP contribution in [0.3, 0.4) is 0 Å². The van der Waals surface area contributed by atoms with Gasteiger partial charge in [-0.05, 0) is 24.6 Å². The van der Waals surface area contributed by atoms with Crippen LogP contribution in [0.2, 0.25) is 0 Å². The molecule has 0 saturated carbocycles. The zero-order valence-corrected chi connectivity index (χ0v) is 10.5. The summed E-state index contributed by atoms with van der Waals surface area (Å²) in [6.45, 7) is 5.07. The molecule has 0 saturated heterocycles. The fourth-order valence-corrected chi connectivity index (χ4v) is 1.59. The lowest BCUT2D eigenvalue weighted by atomic mass is 10.0. The van der Waals surface area contributed by atoms with Gasteiger partial charge in [0.1, 0.15) is 5.75 Å². The molecule has 0 radical (unpaired) electrons. The van der Waals surface area contributed by atoms with Gasteiger partial charge < -0.3 is 9.84 Å². The fraction of sp³-hybridized carbons (Fsp3) is 0.538. The number of methoxy groups -OCH3 is 1. The van der Waals surface area contributed by atoms with E-state index < -0.39 is 0 Å². The van der Waals surface area contributed by atoms with Gasteiger partial charge in [-0.15, -0.1) is 0 Å². The third-order valence-electron chi connectivity index (χ3n) is 2.66. The topological polar surface area (TPSA) is 32.7 Å². The average Bonchev–Trinajstić information content (AvgIpc) is 2.29. The number of aliphatic hydroxyl groups is 1. The SMILES string of the molecule is COc1cc(C(C)C)ccc1CN(C)CO. The van der Waals surface area contributed by atoms with Crippen molar-refractivity contribution in [3.05, 3.63) is 29.3 Å². The number of nitrogens with zero attached hydrogens (tertiary/aromatic N) is 1. The fourth-order valence-electron chi connectivity index (χ4n) is 1.59. The van der Waals surface area contributed by atoms with Gasteiger partial charge in [0.2, 0.25) is 0 Å². The van der Waals surface area contributed by atoms with Crippen LogP contribution in [0.25, 0.3) is 0 Å². The van der Waals surface area contributed by atoms with Crippen molar-refractivity contribution in [2.45, 2.75) is 26.3 Å². The van der Waals surface area contributed by atoms with Crippen molar-refractivity contribution < 1.29 is 9.84 Å². The normalized spacial score (nSPS) is 11.2. The molecule has 0 bridgehead atoms. The van der Waals surface area contributed by atoms with Crippen molar-refractivity contribution in [3.63, 3.8) is 0 Å². The van der Waals surface area contributed by atoms with Gasteiger partial charge in [0.05, 0.1) is 13.8 Å². The predicted octanol–water partition coefficient (Wildman–Crippen LogP) is 2.20. The summed E-state index contributed by atoms with van der Waals surface area (Å²) in [5, 5.41) is 8.99. The Morgan fingerprint density at radius 2 is 2.06 bits per heavy atom. The minimum absolute atomic E-state index is 0.0507. The average molecular weight is 223 g/mol. The predicted molar refractivity (Wildman–Crippen MR) is 65.6 cm³/mol. The van der Waals surface area contributed by atoms with E-state index >= 15 is 0 Å². The Morgan fingerprint density at radius 3 is 2.56 bits per heavy atom. The summed E-state index contributed by atoms with van der Waals surface area (Å²) in [7, 11) is 3.55. The Balaban J connectivity index is 2.93. The van der Waals surface area contributed by atoms with Crippen LogP contribution in [-0.2, 0) is 6.54 Å². The molecule has 3 heteroatoms. The van der Waals surface area contributed by atoms with Crippen LogP contribution in [0.4, 0.5) is 0 Å². The highest BCUT2D eigenvalue weighted by Crippen LogP contribution is 2.25. The van der Waals surface area contributed by atoms with Crippen LogP contribution in [0, 0.1) is 0 Å². The summed E-state index contributed by atoms with van der Waals surface area (Å²) in [5.41, 5.74) is 2.37. The first kappa shape index (κ1) is 13.0. The lowest BCUT2D eigenvalue weighted by molar-refractivity contribution is 0.126. The maximum absolute atomic E-state index is 8.99. The molecular weight excluding hydrogens is 202 g/mol. The largest absolute Gasteiger partial charge is 0.496 e. The summed E-state index contributed by atoms with van der Waals surface area (Å²) in [5.74, 6) is 1.39. The summed E-state index contributed by atoms with van der Waals surface area (Å²) >= 11 is 0. The second-order valence-corrected chi connectivity index (χ2v) is 4.38. The number of benzene rings is 1. The third kappa shape index (κ3) is 3.22. The van der Waals surface area contributed by atoms with Crippen LogP contribution in [0.5, 0.6) is 5.75 Å². The summed E-state index contributed by atoms with van der Waals surface area (Å²) < 4.78 is 5.37. The highest BCUT2D eigenvalue weighted by molar-refractivity contribution is 5.38. The first-order chi connectivity index (χ1) is 7.58. The van der Waals surface area contributed by atoms with Crippen molar-refractivity contribution in [1.82, 2.24) is 4.90 Å². The Labute approximate surface area is 97.7 Å². The minimum Gasteiger partial charge on any atom is -0.496 e. The molecule has 1 rings (SSSR count). The van der Waals surface area contributed by atoms with E-state index in [1.807, 2.05) is 11.9 Å². The number of rotatable bonds is 5. The Kier molecular flexibility index (Phi) is 4.77. The smallest absolute Gasteiger partial charge is 0.123 e. The standard InChI is InChI=1S/C13H21NO2/c1-10(2)11-5-6-12(8-14(3)9-15)13(7-11)16-4/h5-7,10,15H,8-9H2,1-4H3. The Bertz CT molecular complexity index is 337. The number of aliphatic hydroxyl groups excluding tert-OH is 1. The molecule has 0 fully saturated rings. The van der Waals surface area contributed by atoms with Crippen LogP contribution < -0.4 is 4.74 Å². The van der Waals surface area contributed by atoms with E-state index in [-0.39, 0.29) is 6.73 Å². The van der Waals surface area contributed by atoms with Crippen LogP contribution in [0.15, 0.2) is 18.2 Å². The van der Waals surface area contributed by atoms with Crippen molar-refractivity contribution in [2.24, 2.45) is 0 Å². The maximum atomic E-state index is 8.99. The molecule has 0 spiro atoms. The van der Waals surface area contributed by atoms with Gasteiger partial charge >= 0.3 is 0 Å². The molecule has 16 heavy (non-hydrogen) atoms. The van der Waals surface area contributed by atoms with Crippen LogP contribution in [-0.4, -0.2) is 30.9 Å². The lowest BCUT2D eigenvalue weighted by Gasteiger charge is -2.17. The quantitative estimate of drug-likeness (QED) is 0.777. The van der Waals surface area contributed by atoms with Crippen LogP contribution in [0.1, 0.15) is 30.9 Å². The number of ether oxygens (including phenoxy) is 1. The van der Waals surface area contributed by atoms with Gasteiger partial charge in [-0.2, -0.15) is 0 Å². The third-order valence-corrected chi connectivity index (χ3v) is 2.66. The highest BCUT2D eigenvalue weighted by Gasteiger charge is 2.08. The monoisotopic (exact) mass is 223 g/mol. The Hall–Kier alpha value is -1.06. The van der Waals surface area contributed by atoms with E-state index in [9.17, 15) is 0 Å². The van der Waals surface area contributed by atoms with Gasteiger partial charge in [-0.1, -0.05) is 26.0 Å². The summed E-state index contributed by atoms with van der Waals surface area (Å²) in [4.78, 5) is 1.83. The van der Waals surface area contributed by atoms with Crippen molar-refractivity contribution >= 4 is 0 Å². The van der Waals surface area contributed by atoms with Gasteiger partial charge in [0, 0.05) is 12.1 Å². The molecule has 0 aromatic heterocycles. The first-order valence-corrected chi connectivity index (χ1v) is 5.54. The van der Waals surface area contributed by atoms with Gasteiger partial charge in [-0.25, -0.2) is 0 Å². The molecule has 0 amide bonds. The molecule has 3 nitrogen and oxygen atoms in total. The summed E-state index contributed by atoms with van der Waals surface area (Å²) in [6, 6.07) is 6.26. The first-order valence-electron chi connectivity index (χ1n) is 5.54. The molecule has 1 aromatic carbocycles. The Morgan fingerprint density at radius 1 is 1.38 bits per heavy atom. The molecule has 0 aliphatic rings. The zero-order chi connectivity index (χ0) is 12.1. The van der Waals surface area contributed by atoms with E-state index in [2.05, 4.69) is 32.0 Å². The molecule has 1 N–H and O–H groups in total. The molecule has 0 aliphatic carbocycles. The second-order valence-electron chi connectivity index (χ2n) is 4.38. The molecular formula is C13H21NO2. The van der Waals surface area contributed by atoms with E-state index in [0.717, 1.165) is 11.3 Å². The second kappa shape index (κ2) is 5.87. The lowest BCUT2D eigenvalue weighted by Crippen LogP contribution is -2.18. The molecule has 90 valence electrons.